The van der Waals surface area contributed by atoms with Gasteiger partial charge in [0.2, 0.25) is 6.29 Å². The topological polar surface area (TPSA) is 354 Å². The molecule has 3 saturated heterocycles. The van der Waals surface area contributed by atoms with Crippen molar-refractivity contribution in [2.24, 2.45) is 0 Å². The number of hydrogen-bond acceptors (Lipinski definition) is 21. The van der Waals surface area contributed by atoms with Crippen molar-refractivity contribution < 1.29 is 138 Å². The largest absolute Gasteiger partial charge is 1.00 e. The Kier molecular flexibility index (Phi) is 15.3. The van der Waals surface area contributed by atoms with Crippen molar-refractivity contribution >= 4 is 11.9 Å². The summed E-state index contributed by atoms with van der Waals surface area (Å²) in [6, 6.07) is 0. The number of carbonyl (C=O) groups excluding carboxylic acids is 1. The van der Waals surface area contributed by atoms with Crippen molar-refractivity contribution in [2.75, 3.05) is 26.4 Å². The Balaban J connectivity index is 0.00000625. The molecule has 22 nitrogen and oxygen atoms in total. The third kappa shape index (κ3) is 9.17. The van der Waals surface area contributed by atoms with E-state index < -0.39 is 149 Å². The summed E-state index contributed by atoms with van der Waals surface area (Å²) < 4.78 is 42.3. The Labute approximate surface area is 292 Å². The normalized spacial score (nSPS) is 45.0. The number of carboxylic acids is 2. The zero-order valence-corrected chi connectivity index (χ0v) is 27.1. The van der Waals surface area contributed by atoms with Gasteiger partial charge in [-0.25, -0.2) is 4.79 Å². The standard InChI is InChI=1S/C25H38O22.Na/c26-2-8-14(33)19(17(36)24(43-8)45-10-4-40-22(16(35)13(10)32)41-5-11(29)30)47-25-18(37)20(15(34)9(3-27)44-25)46-23-12(31)6(28)1-7(42-23)21(38)39;/h1,6,8-10,12-20,22-28,31-37H,2-5H2,(H,29,30)(H,38,39);/q;+1/p-1. The van der Waals surface area contributed by atoms with E-state index in [9.17, 15) is 65.8 Å². The van der Waals surface area contributed by atoms with E-state index in [0.717, 1.165) is 0 Å². The van der Waals surface area contributed by atoms with Gasteiger partial charge in [0.25, 0.3) is 0 Å². The van der Waals surface area contributed by atoms with Gasteiger partial charge in [-0.3, -0.25) is 0 Å². The molecule has 0 radical (unpaired) electrons. The summed E-state index contributed by atoms with van der Waals surface area (Å²) in [6.07, 6.45) is -30.4. The van der Waals surface area contributed by atoms with Crippen LogP contribution in [0.15, 0.2) is 11.8 Å². The Hall–Kier alpha value is -1.20. The third-order valence-electron chi connectivity index (χ3n) is 7.74. The molecule has 0 aromatic rings. The summed E-state index contributed by atoms with van der Waals surface area (Å²) >= 11 is 0. The van der Waals surface area contributed by atoms with Crippen LogP contribution in [0.4, 0.5) is 0 Å². The molecule has 0 aromatic heterocycles. The summed E-state index contributed by atoms with van der Waals surface area (Å²) in [6.45, 7) is -3.21. The SMILES string of the molecule is O=C(O)COC1OCC(OC2OC(CO)C(O)C(OC3OC(CO)C(O)C(OC4OC(C(=O)[O-])=CC(O)C4O)C3O)C2O)C(O)C1O.[Na+]. The molecule has 0 bridgehead atoms. The first kappa shape index (κ1) is 41.2. The Morgan fingerprint density at radius 1 is 0.729 bits per heavy atom. The second kappa shape index (κ2) is 17.8. The van der Waals surface area contributed by atoms with E-state index >= 15 is 0 Å². The molecule has 48 heavy (non-hydrogen) atoms. The molecule has 3 fully saturated rings. The van der Waals surface area contributed by atoms with Gasteiger partial charge in [-0.15, -0.1) is 0 Å². The zero-order valence-electron chi connectivity index (χ0n) is 25.1. The van der Waals surface area contributed by atoms with Gasteiger partial charge in [0.15, 0.2) is 18.9 Å². The van der Waals surface area contributed by atoms with E-state index in [1.54, 1.807) is 0 Å². The molecule has 11 N–H and O–H groups in total. The fraction of sp³-hybridized carbons (Fsp3) is 0.840. The molecule has 4 aliphatic heterocycles. The number of hydrogen-bond donors (Lipinski definition) is 11. The number of aliphatic hydroxyl groups is 10. The fourth-order valence-electron chi connectivity index (χ4n) is 5.20. The predicted octanol–water partition coefficient (Wildman–Crippen LogP) is -12.1. The van der Waals surface area contributed by atoms with Crippen LogP contribution in [0.25, 0.3) is 0 Å². The number of rotatable bonds is 12. The minimum Gasteiger partial charge on any atom is -0.542 e. The monoisotopic (exact) mass is 712 g/mol. The van der Waals surface area contributed by atoms with Gasteiger partial charge < -0.3 is 104 Å². The van der Waals surface area contributed by atoms with E-state index in [2.05, 4.69) is 0 Å². The number of aliphatic hydroxyl groups excluding tert-OH is 10. The average Bonchev–Trinajstić information content (AvgIpc) is 3.03. The van der Waals surface area contributed by atoms with Crippen molar-refractivity contribution in [3.8, 4) is 0 Å². The van der Waals surface area contributed by atoms with Crippen molar-refractivity contribution in [3.05, 3.63) is 11.8 Å². The van der Waals surface area contributed by atoms with Crippen LogP contribution in [0.1, 0.15) is 0 Å². The molecule has 4 rings (SSSR count). The summed E-state index contributed by atoms with van der Waals surface area (Å²) in [7, 11) is 0. The van der Waals surface area contributed by atoms with Crippen molar-refractivity contribution in [2.45, 2.75) is 105 Å². The maximum absolute atomic E-state index is 11.2. The van der Waals surface area contributed by atoms with Crippen LogP contribution in [-0.2, 0) is 47.5 Å². The van der Waals surface area contributed by atoms with E-state index in [4.69, 9.17) is 43.0 Å². The summed E-state index contributed by atoms with van der Waals surface area (Å²) in [5, 5.41) is 124. The predicted molar refractivity (Wildman–Crippen MR) is 135 cm³/mol. The number of ether oxygens (including phenoxy) is 8. The number of carbonyl (C=O) groups is 2. The van der Waals surface area contributed by atoms with Gasteiger partial charge in [-0.05, 0) is 6.08 Å². The van der Waals surface area contributed by atoms with E-state index in [1.807, 2.05) is 0 Å². The van der Waals surface area contributed by atoms with Crippen LogP contribution in [-0.4, -0.2) is 199 Å². The van der Waals surface area contributed by atoms with E-state index in [0.29, 0.717) is 6.08 Å². The molecular weight excluding hydrogens is 675 g/mol. The second-order valence-corrected chi connectivity index (χ2v) is 11.0. The van der Waals surface area contributed by atoms with E-state index in [1.165, 1.54) is 0 Å². The molecule has 0 aromatic carbocycles. The maximum Gasteiger partial charge on any atom is 1.00 e. The van der Waals surface area contributed by atoms with Gasteiger partial charge in [-0.1, -0.05) is 0 Å². The van der Waals surface area contributed by atoms with Crippen LogP contribution in [0, 0.1) is 0 Å². The summed E-state index contributed by atoms with van der Waals surface area (Å²) in [4.78, 5) is 22.0. The second-order valence-electron chi connectivity index (χ2n) is 11.0. The molecular formula is C25H37NaO22. The fourth-order valence-corrected chi connectivity index (χ4v) is 5.20. The zero-order chi connectivity index (χ0) is 34.7. The van der Waals surface area contributed by atoms with Gasteiger partial charge in [0, 0.05) is 0 Å². The first-order chi connectivity index (χ1) is 22.2. The Morgan fingerprint density at radius 2 is 1.25 bits per heavy atom. The average molecular weight is 713 g/mol. The molecule has 0 aliphatic carbocycles. The Bertz CT molecular complexity index is 1100. The van der Waals surface area contributed by atoms with Crippen LogP contribution < -0.4 is 34.7 Å². The molecule has 4 aliphatic rings. The van der Waals surface area contributed by atoms with Crippen molar-refractivity contribution in [3.63, 3.8) is 0 Å². The van der Waals surface area contributed by atoms with Gasteiger partial charge in [-0.2, -0.15) is 0 Å². The molecule has 270 valence electrons. The van der Waals surface area contributed by atoms with Gasteiger partial charge in [0.05, 0.1) is 19.8 Å². The van der Waals surface area contributed by atoms with Crippen molar-refractivity contribution in [1.82, 2.24) is 0 Å². The molecule has 17 atom stereocenters. The molecule has 0 spiro atoms. The first-order valence-corrected chi connectivity index (χ1v) is 14.2. The summed E-state index contributed by atoms with van der Waals surface area (Å²) in [5.74, 6) is -4.20. The van der Waals surface area contributed by atoms with Crippen molar-refractivity contribution in [1.29, 1.82) is 0 Å². The maximum atomic E-state index is 11.2. The van der Waals surface area contributed by atoms with Crippen LogP contribution in [0.5, 0.6) is 0 Å². The minimum absolute atomic E-state index is 0. The molecule has 0 amide bonds. The van der Waals surface area contributed by atoms with Crippen LogP contribution in [0.3, 0.4) is 0 Å². The molecule has 23 heteroatoms. The summed E-state index contributed by atoms with van der Waals surface area (Å²) in [5.41, 5.74) is 0. The van der Waals surface area contributed by atoms with Gasteiger partial charge in [0.1, 0.15) is 97.7 Å². The minimum atomic E-state index is -2.10. The third-order valence-corrected chi connectivity index (χ3v) is 7.74. The molecule has 17 unspecified atom stereocenters. The smallest absolute Gasteiger partial charge is 0.542 e. The Morgan fingerprint density at radius 3 is 1.75 bits per heavy atom. The molecule has 0 saturated carbocycles. The van der Waals surface area contributed by atoms with Crippen LogP contribution >= 0.6 is 0 Å². The van der Waals surface area contributed by atoms with Crippen LogP contribution in [0.2, 0.25) is 0 Å². The van der Waals surface area contributed by atoms with E-state index in [-0.39, 0.29) is 29.6 Å². The quantitative estimate of drug-likeness (QED) is 0.0837. The molecule has 4 heterocycles. The number of carboxylic acid groups (broad SMARTS) is 2. The van der Waals surface area contributed by atoms with Gasteiger partial charge >= 0.3 is 35.5 Å². The first-order valence-electron chi connectivity index (χ1n) is 14.2. The number of aliphatic carboxylic acids is 2.